The average Bonchev–Trinajstić information content (AvgIpc) is 2.41. The summed E-state index contributed by atoms with van der Waals surface area (Å²) in [5.41, 5.74) is -1.89. The fraction of sp³-hybridized carbons (Fsp3) is 0.273. The van der Waals surface area contributed by atoms with Crippen molar-refractivity contribution >= 4 is 22.1 Å². The molecule has 1 rings (SSSR count). The molecule has 0 aliphatic heterocycles. The van der Waals surface area contributed by atoms with Gasteiger partial charge in [-0.3, -0.25) is 4.55 Å². The molecular weight excluding hydrogens is 371 g/mol. The molecule has 0 fully saturated rings. The standard InChI is InChI=1S/C11H7F5O7S/c12-10(13,14)9(11(15,16)24(20,21)22)23-8(19)6-4-2-1-3-5(6)7(17)18/h1-4,9H,(H,17,18)(H,20,21,22). The molecule has 0 amide bonds. The molecule has 7 nitrogen and oxygen atoms in total. The van der Waals surface area contributed by atoms with E-state index in [1.165, 1.54) is 0 Å². The van der Waals surface area contributed by atoms with Gasteiger partial charge in [0.2, 0.25) is 0 Å². The summed E-state index contributed by atoms with van der Waals surface area (Å²) in [4.78, 5) is 22.5. The maximum absolute atomic E-state index is 13.3. The summed E-state index contributed by atoms with van der Waals surface area (Å²) in [6.07, 6.45) is -10.6. The van der Waals surface area contributed by atoms with E-state index in [0.717, 1.165) is 18.2 Å². The molecule has 13 heteroatoms. The van der Waals surface area contributed by atoms with Crippen LogP contribution in [0.3, 0.4) is 0 Å². The van der Waals surface area contributed by atoms with Gasteiger partial charge >= 0.3 is 33.5 Å². The first-order chi connectivity index (χ1) is 10.7. The van der Waals surface area contributed by atoms with E-state index in [1.54, 1.807) is 0 Å². The number of ether oxygens (including phenoxy) is 1. The van der Waals surface area contributed by atoms with Crippen molar-refractivity contribution < 1.29 is 54.4 Å². The van der Waals surface area contributed by atoms with E-state index in [4.69, 9.17) is 9.66 Å². The Morgan fingerprint density at radius 3 is 1.88 bits per heavy atom. The molecule has 1 aromatic carbocycles. The van der Waals surface area contributed by atoms with Crippen LogP contribution in [0.2, 0.25) is 0 Å². The van der Waals surface area contributed by atoms with Crippen molar-refractivity contribution in [2.24, 2.45) is 0 Å². The van der Waals surface area contributed by atoms with Crippen LogP contribution in [0.5, 0.6) is 0 Å². The Morgan fingerprint density at radius 1 is 1.04 bits per heavy atom. The maximum atomic E-state index is 13.3. The highest BCUT2D eigenvalue weighted by Gasteiger charge is 2.66. The summed E-state index contributed by atoms with van der Waals surface area (Å²) in [5, 5.41) is 2.88. The Balaban J connectivity index is 3.33. The number of carboxylic acids is 1. The zero-order valence-electron chi connectivity index (χ0n) is 11.1. The third-order valence-corrected chi connectivity index (χ3v) is 3.45. The molecule has 0 aliphatic carbocycles. The molecule has 2 N–H and O–H groups in total. The highest BCUT2D eigenvalue weighted by atomic mass is 32.2. The molecule has 0 saturated carbocycles. The van der Waals surface area contributed by atoms with E-state index >= 15 is 0 Å². The number of carbonyl (C=O) groups is 2. The average molecular weight is 378 g/mol. The van der Waals surface area contributed by atoms with Crippen LogP contribution in [0.15, 0.2) is 24.3 Å². The van der Waals surface area contributed by atoms with Crippen molar-refractivity contribution in [2.75, 3.05) is 0 Å². The van der Waals surface area contributed by atoms with Gasteiger partial charge in [0.05, 0.1) is 11.1 Å². The molecule has 1 atom stereocenters. The number of hydrogen-bond donors (Lipinski definition) is 2. The van der Waals surface area contributed by atoms with Crippen LogP contribution in [0.1, 0.15) is 20.7 Å². The predicted octanol–water partition coefficient (Wildman–Crippen LogP) is 1.95. The van der Waals surface area contributed by atoms with Gasteiger partial charge in [-0.25, -0.2) is 9.59 Å². The molecule has 0 aliphatic rings. The smallest absolute Gasteiger partial charge is 0.432 e. The lowest BCUT2D eigenvalue weighted by atomic mass is 10.1. The van der Waals surface area contributed by atoms with Gasteiger partial charge in [0.25, 0.3) is 6.10 Å². The molecule has 0 radical (unpaired) electrons. The number of carbonyl (C=O) groups excluding carboxylic acids is 1. The van der Waals surface area contributed by atoms with Crippen LogP contribution in [-0.4, -0.2) is 47.6 Å². The summed E-state index contributed by atoms with van der Waals surface area (Å²) >= 11 is 0. The van der Waals surface area contributed by atoms with Gasteiger partial charge in [-0.1, -0.05) is 12.1 Å². The highest BCUT2D eigenvalue weighted by Crippen LogP contribution is 2.38. The quantitative estimate of drug-likeness (QED) is 0.457. The van der Waals surface area contributed by atoms with Gasteiger partial charge in [0.1, 0.15) is 0 Å². The number of hydrogen-bond acceptors (Lipinski definition) is 5. The molecule has 1 aromatic rings. The van der Waals surface area contributed by atoms with Gasteiger partial charge in [-0.05, 0) is 12.1 Å². The van der Waals surface area contributed by atoms with Crippen molar-refractivity contribution in [2.45, 2.75) is 17.5 Å². The lowest BCUT2D eigenvalue weighted by molar-refractivity contribution is -0.248. The van der Waals surface area contributed by atoms with Gasteiger partial charge in [0.15, 0.2) is 0 Å². The minimum atomic E-state index is -6.59. The Hall–Kier alpha value is -2.28. The largest absolute Gasteiger partial charge is 0.478 e. The minimum absolute atomic E-state index is 0.671. The number of halogens is 5. The first-order valence-corrected chi connectivity index (χ1v) is 7.08. The van der Waals surface area contributed by atoms with Crippen molar-refractivity contribution in [3.8, 4) is 0 Å². The van der Waals surface area contributed by atoms with Crippen molar-refractivity contribution in [3.05, 3.63) is 35.4 Å². The molecule has 0 spiro atoms. The molecular formula is C11H7F5O7S. The summed E-state index contributed by atoms with van der Waals surface area (Å²) in [6, 6.07) is 3.55. The Labute approximate surface area is 130 Å². The molecule has 24 heavy (non-hydrogen) atoms. The number of carboxylic acid groups (broad SMARTS) is 1. The third kappa shape index (κ3) is 3.97. The van der Waals surface area contributed by atoms with E-state index in [9.17, 15) is 40.0 Å². The molecule has 0 bridgehead atoms. The Bertz CT molecular complexity index is 756. The van der Waals surface area contributed by atoms with Crippen molar-refractivity contribution in [1.82, 2.24) is 0 Å². The summed E-state index contributed by atoms with van der Waals surface area (Å²) in [6.45, 7) is 0. The van der Waals surface area contributed by atoms with Gasteiger partial charge in [0, 0.05) is 0 Å². The molecule has 134 valence electrons. The Kier molecular flexibility index (Phi) is 5.20. The predicted molar refractivity (Wildman–Crippen MR) is 65.2 cm³/mol. The third-order valence-electron chi connectivity index (χ3n) is 2.55. The first kappa shape index (κ1) is 19.8. The zero-order valence-corrected chi connectivity index (χ0v) is 11.9. The normalized spacial score (nSPS) is 14.1. The lowest BCUT2D eigenvalue weighted by Crippen LogP contribution is -2.52. The number of aromatic carboxylic acids is 1. The second-order valence-corrected chi connectivity index (χ2v) is 5.71. The van der Waals surface area contributed by atoms with Crippen LogP contribution in [0, 0.1) is 0 Å². The second kappa shape index (κ2) is 6.32. The van der Waals surface area contributed by atoms with E-state index in [2.05, 4.69) is 4.74 Å². The van der Waals surface area contributed by atoms with Gasteiger partial charge < -0.3 is 9.84 Å². The summed E-state index contributed by atoms with van der Waals surface area (Å²) in [5.74, 6) is -3.94. The maximum Gasteiger partial charge on any atom is 0.432 e. The fourth-order valence-corrected chi connectivity index (χ4v) is 1.93. The number of rotatable bonds is 5. The lowest BCUT2D eigenvalue weighted by Gasteiger charge is -2.26. The van der Waals surface area contributed by atoms with Gasteiger partial charge in [-0.2, -0.15) is 30.4 Å². The number of esters is 1. The minimum Gasteiger partial charge on any atom is -0.478 e. The number of benzene rings is 1. The Morgan fingerprint density at radius 2 is 1.50 bits per heavy atom. The van der Waals surface area contributed by atoms with Crippen LogP contribution in [-0.2, 0) is 14.9 Å². The topological polar surface area (TPSA) is 118 Å². The summed E-state index contributed by atoms with van der Waals surface area (Å²) in [7, 11) is -6.59. The molecule has 0 heterocycles. The fourth-order valence-electron chi connectivity index (χ4n) is 1.48. The van der Waals surface area contributed by atoms with Crippen molar-refractivity contribution in [3.63, 3.8) is 0 Å². The molecule has 0 aromatic heterocycles. The first-order valence-electron chi connectivity index (χ1n) is 5.64. The molecule has 0 saturated heterocycles. The number of alkyl halides is 5. The molecule has 1 unspecified atom stereocenters. The van der Waals surface area contributed by atoms with Crippen LogP contribution < -0.4 is 0 Å². The van der Waals surface area contributed by atoms with Crippen LogP contribution in [0.4, 0.5) is 22.0 Å². The SMILES string of the molecule is O=C(O)c1ccccc1C(=O)OC(C(F)(F)F)C(F)(F)S(=O)(=O)O. The van der Waals surface area contributed by atoms with Crippen LogP contribution >= 0.6 is 0 Å². The van der Waals surface area contributed by atoms with E-state index in [-0.39, 0.29) is 0 Å². The van der Waals surface area contributed by atoms with Crippen LogP contribution in [0.25, 0.3) is 0 Å². The highest BCUT2D eigenvalue weighted by molar-refractivity contribution is 7.86. The zero-order chi connectivity index (χ0) is 18.9. The van der Waals surface area contributed by atoms with E-state index in [1.807, 2.05) is 0 Å². The summed E-state index contributed by atoms with van der Waals surface area (Å²) < 4.78 is 97.1. The van der Waals surface area contributed by atoms with E-state index < -0.39 is 50.7 Å². The van der Waals surface area contributed by atoms with Gasteiger partial charge in [-0.15, -0.1) is 0 Å². The second-order valence-electron chi connectivity index (χ2n) is 4.21. The monoisotopic (exact) mass is 378 g/mol. The van der Waals surface area contributed by atoms with E-state index in [0.29, 0.717) is 6.07 Å². The van der Waals surface area contributed by atoms with Crippen molar-refractivity contribution in [1.29, 1.82) is 0 Å².